The van der Waals surface area contributed by atoms with E-state index in [4.69, 9.17) is 33.3 Å². The second-order valence-corrected chi connectivity index (χ2v) is 10.9. The van der Waals surface area contributed by atoms with Gasteiger partial charge in [0, 0.05) is 11.4 Å². The Balaban J connectivity index is 1.26. The van der Waals surface area contributed by atoms with E-state index < -0.39 is 0 Å². The molecular weight excluding hydrogens is 461 g/mol. The van der Waals surface area contributed by atoms with E-state index in [1.165, 1.54) is 0 Å². The molecule has 0 unspecified atom stereocenters. The molecule has 0 aliphatic carbocycles. The minimum atomic E-state index is 0.0479. The van der Waals surface area contributed by atoms with Crippen molar-refractivity contribution in [2.75, 3.05) is 24.7 Å². The summed E-state index contributed by atoms with van der Waals surface area (Å²) in [4.78, 5) is 0. The molecule has 0 saturated heterocycles. The van der Waals surface area contributed by atoms with E-state index >= 15 is 0 Å². The number of nitrogen functional groups attached to an aromatic ring is 2. The number of rotatable bonds is 18. The van der Waals surface area contributed by atoms with Gasteiger partial charge in [-0.1, -0.05) is 12.8 Å². The molecule has 2 rings (SSSR count). The van der Waals surface area contributed by atoms with Crippen molar-refractivity contribution in [3.05, 3.63) is 48.5 Å². The number of hydrogen-bond acceptors (Lipinski definition) is 7. The molecule has 0 aliphatic heterocycles. The standard InChI is InChI=1S/C20H28N2O5Si4/c21-17-5-9-19(10-6-17)23-13-1-3-15-28-25-30-27-31-26-29-16-4-2-14-24-20-11-7-18(22)8-12-20/h5-12H,1-4,13-16,21-22H2. The van der Waals surface area contributed by atoms with Crippen LogP contribution in [0, 0.1) is 0 Å². The number of hydrogen-bond donors (Lipinski definition) is 2. The minimum Gasteiger partial charge on any atom is -0.494 e. The first kappa shape index (κ1) is 25.6. The number of unbranched alkanes of at least 4 members (excludes halogenated alkanes) is 2. The van der Waals surface area contributed by atoms with Crippen molar-refractivity contribution in [2.45, 2.75) is 37.8 Å². The Labute approximate surface area is 195 Å². The lowest BCUT2D eigenvalue weighted by molar-refractivity contribution is 0.309. The van der Waals surface area contributed by atoms with Gasteiger partial charge in [0.05, 0.1) is 13.2 Å². The fourth-order valence-corrected chi connectivity index (χ4v) is 5.62. The molecule has 0 saturated carbocycles. The van der Waals surface area contributed by atoms with E-state index in [1.54, 1.807) is 0 Å². The summed E-state index contributed by atoms with van der Waals surface area (Å²) in [6.45, 7) is 1.41. The van der Waals surface area contributed by atoms with Crippen LogP contribution in [-0.4, -0.2) is 52.8 Å². The summed E-state index contributed by atoms with van der Waals surface area (Å²) < 4.78 is 27.7. The number of anilines is 2. The van der Waals surface area contributed by atoms with E-state index in [1.807, 2.05) is 48.5 Å². The van der Waals surface area contributed by atoms with E-state index in [2.05, 4.69) is 0 Å². The largest absolute Gasteiger partial charge is 0.494 e. The van der Waals surface area contributed by atoms with Gasteiger partial charge in [0.15, 0.2) is 0 Å². The van der Waals surface area contributed by atoms with Crippen molar-refractivity contribution in [2.24, 2.45) is 0 Å². The minimum absolute atomic E-state index is 0.0479. The molecule has 11 heteroatoms. The fourth-order valence-electron chi connectivity index (χ4n) is 2.33. The van der Waals surface area contributed by atoms with Gasteiger partial charge in [0.2, 0.25) is 19.5 Å². The molecule has 31 heavy (non-hydrogen) atoms. The molecule has 4 N–H and O–H groups in total. The van der Waals surface area contributed by atoms with Crippen LogP contribution in [-0.2, 0) is 12.3 Å². The molecule has 7 nitrogen and oxygen atoms in total. The summed E-state index contributed by atoms with van der Waals surface area (Å²) in [6.07, 6.45) is 4.14. The number of ether oxygens (including phenoxy) is 2. The highest BCUT2D eigenvalue weighted by molar-refractivity contribution is 6.47. The first-order valence-corrected chi connectivity index (χ1v) is 14.0. The van der Waals surface area contributed by atoms with Crippen molar-refractivity contribution in [3.8, 4) is 11.5 Å². The highest BCUT2D eigenvalue weighted by Crippen LogP contribution is 2.14. The van der Waals surface area contributed by atoms with Crippen molar-refractivity contribution < 1.29 is 21.8 Å². The second-order valence-electron chi connectivity index (χ2n) is 6.51. The van der Waals surface area contributed by atoms with Crippen LogP contribution < -0.4 is 20.9 Å². The highest BCUT2D eigenvalue weighted by Gasteiger charge is 2.01. The van der Waals surface area contributed by atoms with Crippen LogP contribution in [0.15, 0.2) is 48.5 Å². The predicted octanol–water partition coefficient (Wildman–Crippen LogP) is 3.06. The summed E-state index contributed by atoms with van der Waals surface area (Å²) in [5.74, 6) is 1.71. The lowest BCUT2D eigenvalue weighted by atomic mass is 10.3. The van der Waals surface area contributed by atoms with Crippen LogP contribution in [0.1, 0.15) is 25.7 Å². The Bertz CT molecular complexity index is 635. The normalized spacial score (nSPS) is 10.8. The maximum Gasteiger partial charge on any atom is 0.411 e. The van der Waals surface area contributed by atoms with Gasteiger partial charge in [-0.2, -0.15) is 0 Å². The summed E-state index contributed by atoms with van der Waals surface area (Å²) in [6, 6.07) is 17.0. The van der Waals surface area contributed by atoms with Crippen molar-refractivity contribution >= 4 is 50.9 Å². The number of nitrogens with two attached hydrogens (primary N) is 2. The molecule has 164 valence electrons. The molecular formula is C20H28N2O5Si4. The maximum atomic E-state index is 5.66. The predicted molar refractivity (Wildman–Crippen MR) is 127 cm³/mol. The molecule has 0 heterocycles. The molecule has 2 aromatic rings. The Morgan fingerprint density at radius 2 is 0.968 bits per heavy atom. The third-order valence-electron chi connectivity index (χ3n) is 3.96. The number of benzene rings is 2. The van der Waals surface area contributed by atoms with Gasteiger partial charge < -0.3 is 33.3 Å². The van der Waals surface area contributed by atoms with Crippen molar-refractivity contribution in [1.82, 2.24) is 0 Å². The summed E-state index contributed by atoms with van der Waals surface area (Å²) in [5.41, 5.74) is 12.8. The quantitative estimate of drug-likeness (QED) is 0.189. The first-order valence-electron chi connectivity index (χ1n) is 10.1. The molecule has 2 aromatic carbocycles. The zero-order chi connectivity index (χ0) is 22.0. The van der Waals surface area contributed by atoms with Crippen LogP contribution >= 0.6 is 0 Å². The van der Waals surface area contributed by atoms with Gasteiger partial charge in [-0.15, -0.1) is 0 Å². The van der Waals surface area contributed by atoms with Crippen molar-refractivity contribution in [3.63, 3.8) is 0 Å². The Hall–Kier alpha value is -1.61. The SMILES string of the molecule is Nc1ccc(OCCCC[Si]O[Si]O[Si]O[Si]CCCCOc2ccc(N)cc2)cc1. The first-order chi connectivity index (χ1) is 15.2. The molecule has 0 bridgehead atoms. The molecule has 0 spiro atoms. The molecule has 0 amide bonds. The molecule has 0 aromatic heterocycles. The monoisotopic (exact) mass is 488 g/mol. The van der Waals surface area contributed by atoms with Gasteiger partial charge in [0.1, 0.15) is 11.5 Å². The Morgan fingerprint density at radius 1 is 0.548 bits per heavy atom. The lowest BCUT2D eigenvalue weighted by Gasteiger charge is -2.06. The van der Waals surface area contributed by atoms with Crippen molar-refractivity contribution in [1.29, 1.82) is 0 Å². The molecule has 0 fully saturated rings. The van der Waals surface area contributed by atoms with Gasteiger partial charge in [-0.3, -0.25) is 0 Å². The zero-order valence-electron chi connectivity index (χ0n) is 17.5. The van der Waals surface area contributed by atoms with Crippen LogP contribution in [0.5, 0.6) is 11.5 Å². The molecule has 0 atom stereocenters. The van der Waals surface area contributed by atoms with E-state index in [0.29, 0.717) is 32.7 Å². The summed E-state index contributed by atoms with van der Waals surface area (Å²) in [5, 5.41) is 0. The highest BCUT2D eigenvalue weighted by atomic mass is 28.4. The van der Waals surface area contributed by atoms with Crippen LogP contribution in [0.2, 0.25) is 12.1 Å². The molecule has 0 aliphatic rings. The van der Waals surface area contributed by atoms with Crippen LogP contribution in [0.25, 0.3) is 0 Å². The topological polar surface area (TPSA) is 98.2 Å². The van der Waals surface area contributed by atoms with Gasteiger partial charge in [0.25, 0.3) is 0 Å². The van der Waals surface area contributed by atoms with Gasteiger partial charge in [-0.05, 0) is 73.5 Å². The average Bonchev–Trinajstić information content (AvgIpc) is 2.78. The van der Waals surface area contributed by atoms with E-state index in [9.17, 15) is 0 Å². The van der Waals surface area contributed by atoms with Crippen LogP contribution in [0.3, 0.4) is 0 Å². The summed E-state index contributed by atoms with van der Waals surface area (Å²) in [7, 11) is 1.00. The van der Waals surface area contributed by atoms with Crippen LogP contribution in [0.4, 0.5) is 11.4 Å². The summed E-state index contributed by atoms with van der Waals surface area (Å²) >= 11 is 0. The van der Waals surface area contributed by atoms with E-state index in [0.717, 1.165) is 60.6 Å². The van der Waals surface area contributed by atoms with Gasteiger partial charge >= 0.3 is 20.0 Å². The van der Waals surface area contributed by atoms with E-state index in [-0.39, 0.29) is 20.0 Å². The Morgan fingerprint density at radius 3 is 1.39 bits per heavy atom. The Kier molecular flexibility index (Phi) is 14.1. The molecule has 8 radical (unpaired) electrons. The third kappa shape index (κ3) is 13.4. The zero-order valence-corrected chi connectivity index (χ0v) is 21.5. The maximum absolute atomic E-state index is 5.66. The fraction of sp³-hybridized carbons (Fsp3) is 0.400. The average molecular weight is 489 g/mol. The smallest absolute Gasteiger partial charge is 0.411 e. The second kappa shape index (κ2) is 17.0. The van der Waals surface area contributed by atoms with Gasteiger partial charge in [-0.25, -0.2) is 0 Å². The third-order valence-corrected chi connectivity index (χ3v) is 7.56. The lowest BCUT2D eigenvalue weighted by Crippen LogP contribution is -2.15.